The Bertz CT molecular complexity index is 1180. The normalized spacial score (nSPS) is 11.0. The third-order valence-electron chi connectivity index (χ3n) is 5.09. The van der Waals surface area contributed by atoms with Gasteiger partial charge in [-0.1, -0.05) is 30.3 Å². The van der Waals surface area contributed by atoms with E-state index in [9.17, 15) is 4.79 Å². The number of aromatic nitrogens is 2. The van der Waals surface area contributed by atoms with Crippen LogP contribution in [0.4, 0.5) is 0 Å². The van der Waals surface area contributed by atoms with Crippen LogP contribution >= 0.6 is 11.3 Å². The Morgan fingerprint density at radius 2 is 1.93 bits per heavy atom. The lowest BCUT2D eigenvalue weighted by molar-refractivity contribution is 0.0955. The van der Waals surface area contributed by atoms with Crippen LogP contribution < -0.4 is 10.1 Å². The summed E-state index contributed by atoms with van der Waals surface area (Å²) in [4.78, 5) is 13.2. The minimum atomic E-state index is -0.0744. The number of thiophene rings is 1. The van der Waals surface area contributed by atoms with Gasteiger partial charge in [0.2, 0.25) is 0 Å². The number of amides is 1. The van der Waals surface area contributed by atoms with E-state index in [2.05, 4.69) is 28.6 Å². The van der Waals surface area contributed by atoms with Gasteiger partial charge in [0.25, 0.3) is 5.91 Å². The summed E-state index contributed by atoms with van der Waals surface area (Å²) in [5.41, 5.74) is 4.07. The molecule has 0 spiro atoms. The van der Waals surface area contributed by atoms with Crippen molar-refractivity contribution in [1.29, 1.82) is 0 Å². The van der Waals surface area contributed by atoms with Gasteiger partial charge in [0.15, 0.2) is 0 Å². The molecular weight excluding hydrogens is 382 g/mol. The van der Waals surface area contributed by atoms with Crippen molar-refractivity contribution in [3.05, 3.63) is 81.3 Å². The highest BCUT2D eigenvalue weighted by molar-refractivity contribution is 7.12. The molecule has 0 unspecified atom stereocenters. The highest BCUT2D eigenvalue weighted by Crippen LogP contribution is 2.23. The number of carbonyl (C=O) groups is 1. The van der Waals surface area contributed by atoms with Crippen molar-refractivity contribution < 1.29 is 9.53 Å². The SMILES string of the molecule is Cc1nn(C)c(C)c1CNC(=O)c1cc(COc2ccc3ccccc3c2)cs1. The lowest BCUT2D eigenvalue weighted by Crippen LogP contribution is -2.22. The summed E-state index contributed by atoms with van der Waals surface area (Å²) >= 11 is 1.43. The fraction of sp³-hybridized carbons (Fsp3) is 0.217. The molecule has 0 aliphatic carbocycles. The zero-order chi connectivity index (χ0) is 20.4. The maximum Gasteiger partial charge on any atom is 0.261 e. The minimum absolute atomic E-state index is 0.0744. The topological polar surface area (TPSA) is 56.2 Å². The molecule has 0 aliphatic heterocycles. The molecule has 0 saturated heterocycles. The number of rotatable bonds is 6. The summed E-state index contributed by atoms with van der Waals surface area (Å²) < 4.78 is 7.76. The zero-order valence-electron chi connectivity index (χ0n) is 16.7. The van der Waals surface area contributed by atoms with E-state index in [0.29, 0.717) is 18.0 Å². The van der Waals surface area contributed by atoms with Crippen LogP contribution in [0.15, 0.2) is 53.9 Å². The molecule has 0 saturated carbocycles. The number of aryl methyl sites for hydroxylation is 2. The highest BCUT2D eigenvalue weighted by Gasteiger charge is 2.13. The third-order valence-corrected chi connectivity index (χ3v) is 6.07. The molecular formula is C23H23N3O2S. The van der Waals surface area contributed by atoms with E-state index in [0.717, 1.165) is 33.7 Å². The van der Waals surface area contributed by atoms with E-state index in [1.54, 1.807) is 0 Å². The second-order valence-electron chi connectivity index (χ2n) is 7.07. The number of fused-ring (bicyclic) bond motifs is 1. The van der Waals surface area contributed by atoms with E-state index in [1.807, 2.05) is 61.3 Å². The van der Waals surface area contributed by atoms with Gasteiger partial charge in [0, 0.05) is 30.4 Å². The van der Waals surface area contributed by atoms with Gasteiger partial charge in [-0.2, -0.15) is 5.10 Å². The summed E-state index contributed by atoms with van der Waals surface area (Å²) in [5.74, 6) is 0.748. The van der Waals surface area contributed by atoms with Gasteiger partial charge in [-0.15, -0.1) is 11.3 Å². The van der Waals surface area contributed by atoms with E-state index in [1.165, 1.54) is 16.7 Å². The quantitative estimate of drug-likeness (QED) is 0.503. The number of nitrogens with one attached hydrogen (secondary N) is 1. The first-order valence-electron chi connectivity index (χ1n) is 9.47. The summed E-state index contributed by atoms with van der Waals surface area (Å²) in [6, 6.07) is 16.2. The maximum absolute atomic E-state index is 12.5. The number of nitrogens with zero attached hydrogens (tertiary/aromatic N) is 2. The largest absolute Gasteiger partial charge is 0.489 e. The Balaban J connectivity index is 1.36. The average Bonchev–Trinajstić information content (AvgIpc) is 3.29. The molecule has 4 aromatic rings. The van der Waals surface area contributed by atoms with Gasteiger partial charge >= 0.3 is 0 Å². The lowest BCUT2D eigenvalue weighted by atomic mass is 10.1. The Kier molecular flexibility index (Phi) is 5.36. The average molecular weight is 406 g/mol. The van der Waals surface area contributed by atoms with Crippen LogP contribution in [0.3, 0.4) is 0 Å². The summed E-state index contributed by atoms with van der Waals surface area (Å²) in [6.07, 6.45) is 0. The van der Waals surface area contributed by atoms with Crippen LogP contribution in [0.2, 0.25) is 0 Å². The van der Waals surface area contributed by atoms with Crippen LogP contribution in [-0.2, 0) is 20.2 Å². The molecule has 1 N–H and O–H groups in total. The number of carbonyl (C=O) groups excluding carboxylic acids is 1. The van der Waals surface area contributed by atoms with Gasteiger partial charge in [0.05, 0.1) is 10.6 Å². The number of benzene rings is 2. The molecule has 1 amide bonds. The second kappa shape index (κ2) is 8.09. The molecule has 29 heavy (non-hydrogen) atoms. The maximum atomic E-state index is 12.5. The lowest BCUT2D eigenvalue weighted by Gasteiger charge is -2.06. The van der Waals surface area contributed by atoms with Gasteiger partial charge in [-0.3, -0.25) is 9.48 Å². The van der Waals surface area contributed by atoms with Crippen molar-refractivity contribution in [2.45, 2.75) is 27.0 Å². The third kappa shape index (κ3) is 4.17. The van der Waals surface area contributed by atoms with E-state index >= 15 is 0 Å². The summed E-state index contributed by atoms with van der Waals surface area (Å²) in [6.45, 7) is 4.88. The molecule has 6 heteroatoms. The zero-order valence-corrected chi connectivity index (χ0v) is 17.5. The van der Waals surface area contributed by atoms with E-state index < -0.39 is 0 Å². The molecule has 0 bridgehead atoms. The fourth-order valence-corrected chi connectivity index (χ4v) is 4.14. The Labute approximate surface area is 173 Å². The van der Waals surface area contributed by atoms with Crippen LogP contribution in [-0.4, -0.2) is 15.7 Å². The molecule has 2 heterocycles. The van der Waals surface area contributed by atoms with E-state index in [-0.39, 0.29) is 5.91 Å². The smallest absolute Gasteiger partial charge is 0.261 e. The van der Waals surface area contributed by atoms with Gasteiger partial charge in [-0.05, 0) is 48.2 Å². The summed E-state index contributed by atoms with van der Waals surface area (Å²) in [7, 11) is 1.91. The molecule has 5 nitrogen and oxygen atoms in total. The molecule has 0 atom stereocenters. The number of ether oxygens (including phenoxy) is 1. The fourth-order valence-electron chi connectivity index (χ4n) is 3.32. The van der Waals surface area contributed by atoms with Gasteiger partial charge in [-0.25, -0.2) is 0 Å². The van der Waals surface area contributed by atoms with E-state index in [4.69, 9.17) is 4.74 Å². The van der Waals surface area contributed by atoms with Crippen molar-refractivity contribution in [1.82, 2.24) is 15.1 Å². The molecule has 148 valence electrons. The van der Waals surface area contributed by atoms with Gasteiger partial charge in [0.1, 0.15) is 12.4 Å². The molecule has 2 aromatic carbocycles. The molecule has 0 radical (unpaired) electrons. The predicted molar refractivity (Wildman–Crippen MR) is 116 cm³/mol. The Morgan fingerprint density at radius 1 is 1.14 bits per heavy atom. The Hall–Kier alpha value is -3.12. The standard InChI is InChI=1S/C23H23N3O2S/c1-15-21(16(2)26(3)25-15)12-24-23(27)22-10-17(14-29-22)13-28-20-9-8-18-6-4-5-7-19(18)11-20/h4-11,14H,12-13H2,1-3H3,(H,24,27). The van der Waals surface area contributed by atoms with Crippen LogP contribution in [0.25, 0.3) is 10.8 Å². The van der Waals surface area contributed by atoms with Crippen molar-refractivity contribution in [2.75, 3.05) is 0 Å². The minimum Gasteiger partial charge on any atom is -0.489 e. The van der Waals surface area contributed by atoms with Gasteiger partial charge < -0.3 is 10.1 Å². The monoisotopic (exact) mass is 405 g/mol. The molecule has 4 rings (SSSR count). The number of hydrogen-bond acceptors (Lipinski definition) is 4. The Morgan fingerprint density at radius 3 is 2.69 bits per heavy atom. The van der Waals surface area contributed by atoms with Crippen LogP contribution in [0.5, 0.6) is 5.75 Å². The predicted octanol–water partition coefficient (Wildman–Crippen LogP) is 4.76. The molecule has 2 aromatic heterocycles. The van der Waals surface area contributed by atoms with Crippen LogP contribution in [0, 0.1) is 13.8 Å². The second-order valence-corrected chi connectivity index (χ2v) is 7.98. The first-order valence-corrected chi connectivity index (χ1v) is 10.4. The first kappa shape index (κ1) is 19.2. The van der Waals surface area contributed by atoms with Crippen molar-refractivity contribution in [3.8, 4) is 5.75 Å². The van der Waals surface area contributed by atoms with Crippen molar-refractivity contribution >= 4 is 28.0 Å². The first-order chi connectivity index (χ1) is 14.0. The molecule has 0 aliphatic rings. The van der Waals surface area contributed by atoms with Crippen LogP contribution in [0.1, 0.15) is 32.2 Å². The highest BCUT2D eigenvalue weighted by atomic mass is 32.1. The summed E-state index contributed by atoms with van der Waals surface area (Å²) in [5, 5.41) is 11.7. The molecule has 0 fully saturated rings. The number of hydrogen-bond donors (Lipinski definition) is 1. The van der Waals surface area contributed by atoms with Crippen molar-refractivity contribution in [2.24, 2.45) is 7.05 Å². The van der Waals surface area contributed by atoms with Crippen molar-refractivity contribution in [3.63, 3.8) is 0 Å².